The number of aryl methyl sites for hydroxylation is 1. The number of rotatable bonds is 3. The molecule has 2 unspecified atom stereocenters. The Kier molecular flexibility index (Phi) is 3.10. The minimum absolute atomic E-state index is 0.0800. The molecular weight excluding hydrogens is 244 g/mol. The van der Waals surface area contributed by atoms with Gasteiger partial charge >= 0.3 is 5.69 Å². The molecule has 0 spiro atoms. The predicted molar refractivity (Wildman–Crippen MR) is 72.3 cm³/mol. The van der Waals surface area contributed by atoms with Crippen molar-refractivity contribution in [1.82, 2.24) is 9.88 Å². The number of anilines is 1. The van der Waals surface area contributed by atoms with E-state index in [-0.39, 0.29) is 16.7 Å². The second kappa shape index (κ2) is 4.77. The van der Waals surface area contributed by atoms with Crippen LogP contribution in [-0.2, 0) is 0 Å². The van der Waals surface area contributed by atoms with Gasteiger partial charge in [-0.25, -0.2) is 4.98 Å². The first kappa shape index (κ1) is 12.3. The second-order valence-electron chi connectivity index (χ2n) is 5.42. The van der Waals surface area contributed by atoms with Crippen molar-refractivity contribution in [3.8, 4) is 0 Å². The number of nitrogens with one attached hydrogen (secondary N) is 1. The molecule has 2 aliphatic rings. The summed E-state index contributed by atoms with van der Waals surface area (Å²) in [7, 11) is 0. The van der Waals surface area contributed by atoms with Crippen LogP contribution in [0.5, 0.6) is 0 Å². The summed E-state index contributed by atoms with van der Waals surface area (Å²) in [4.78, 5) is 17.4. The quantitative estimate of drug-likeness (QED) is 0.666. The Labute approximate surface area is 112 Å². The van der Waals surface area contributed by atoms with E-state index in [9.17, 15) is 10.1 Å². The number of hydrogen-bond donors (Lipinski definition) is 1. The van der Waals surface area contributed by atoms with Crippen molar-refractivity contribution >= 4 is 11.5 Å². The third-order valence-electron chi connectivity index (χ3n) is 4.13. The van der Waals surface area contributed by atoms with Crippen molar-refractivity contribution in [2.24, 2.45) is 0 Å². The van der Waals surface area contributed by atoms with Gasteiger partial charge in [-0.1, -0.05) is 0 Å². The molecule has 0 aliphatic carbocycles. The van der Waals surface area contributed by atoms with Crippen molar-refractivity contribution in [3.05, 3.63) is 27.9 Å². The average molecular weight is 262 g/mol. The summed E-state index contributed by atoms with van der Waals surface area (Å²) in [6.07, 6.45) is 5.12. The molecule has 1 aromatic rings. The van der Waals surface area contributed by atoms with Gasteiger partial charge in [0, 0.05) is 30.9 Å². The van der Waals surface area contributed by atoms with Gasteiger partial charge in [0.15, 0.2) is 0 Å². The fourth-order valence-electron chi connectivity index (χ4n) is 3.23. The van der Waals surface area contributed by atoms with Gasteiger partial charge in [-0.15, -0.1) is 0 Å². The molecule has 2 atom stereocenters. The maximum Gasteiger partial charge on any atom is 0.311 e. The zero-order valence-electron chi connectivity index (χ0n) is 11.0. The van der Waals surface area contributed by atoms with Crippen LogP contribution in [-0.4, -0.2) is 40.0 Å². The van der Waals surface area contributed by atoms with E-state index in [1.54, 1.807) is 12.3 Å². The van der Waals surface area contributed by atoms with Gasteiger partial charge < -0.3 is 5.32 Å². The van der Waals surface area contributed by atoms with Crippen LogP contribution in [0.2, 0.25) is 0 Å². The van der Waals surface area contributed by atoms with Gasteiger partial charge in [0.25, 0.3) is 0 Å². The van der Waals surface area contributed by atoms with E-state index < -0.39 is 0 Å². The van der Waals surface area contributed by atoms with Crippen molar-refractivity contribution in [2.45, 2.75) is 38.3 Å². The minimum Gasteiger partial charge on any atom is -0.360 e. The highest BCUT2D eigenvalue weighted by atomic mass is 16.6. The third kappa shape index (κ3) is 2.28. The molecule has 0 bridgehead atoms. The number of fused-ring (bicyclic) bond motifs is 1. The van der Waals surface area contributed by atoms with Gasteiger partial charge in [0.2, 0.25) is 5.82 Å². The van der Waals surface area contributed by atoms with Crippen LogP contribution in [0.4, 0.5) is 11.5 Å². The zero-order valence-corrected chi connectivity index (χ0v) is 11.0. The molecule has 102 valence electrons. The fourth-order valence-corrected chi connectivity index (χ4v) is 3.23. The van der Waals surface area contributed by atoms with Crippen molar-refractivity contribution in [1.29, 1.82) is 0 Å². The summed E-state index contributed by atoms with van der Waals surface area (Å²) in [6, 6.07) is 2.38. The third-order valence-corrected chi connectivity index (χ3v) is 4.13. The first-order valence-electron chi connectivity index (χ1n) is 6.77. The highest BCUT2D eigenvalue weighted by Crippen LogP contribution is 2.32. The van der Waals surface area contributed by atoms with E-state index in [1.165, 1.54) is 12.8 Å². The van der Waals surface area contributed by atoms with Crippen LogP contribution in [0.1, 0.15) is 24.8 Å². The lowest BCUT2D eigenvalue weighted by molar-refractivity contribution is -0.384. The van der Waals surface area contributed by atoms with Crippen LogP contribution < -0.4 is 5.32 Å². The minimum atomic E-state index is -0.357. The van der Waals surface area contributed by atoms with Crippen LogP contribution >= 0.6 is 0 Å². The molecule has 0 saturated carbocycles. The first-order valence-corrected chi connectivity index (χ1v) is 6.77. The van der Waals surface area contributed by atoms with Gasteiger partial charge in [-0.05, 0) is 38.3 Å². The largest absolute Gasteiger partial charge is 0.360 e. The Bertz CT molecular complexity index is 505. The van der Waals surface area contributed by atoms with Gasteiger partial charge in [0.05, 0.1) is 4.92 Å². The van der Waals surface area contributed by atoms with Crippen LogP contribution in [0.15, 0.2) is 12.3 Å². The maximum atomic E-state index is 11.1. The molecule has 0 radical (unpaired) electrons. The molecule has 3 rings (SSSR count). The molecule has 1 aromatic heterocycles. The number of aromatic nitrogens is 1. The summed E-state index contributed by atoms with van der Waals surface area (Å²) in [5.41, 5.74) is 0.891. The topological polar surface area (TPSA) is 71.3 Å². The van der Waals surface area contributed by atoms with Crippen molar-refractivity contribution in [3.63, 3.8) is 0 Å². The van der Waals surface area contributed by atoms with Gasteiger partial charge in [0.1, 0.15) is 0 Å². The number of pyridine rings is 1. The monoisotopic (exact) mass is 262 g/mol. The van der Waals surface area contributed by atoms with Crippen LogP contribution in [0.25, 0.3) is 0 Å². The molecular formula is C13H18N4O2. The highest BCUT2D eigenvalue weighted by molar-refractivity contribution is 5.57. The number of nitro groups is 1. The molecule has 2 saturated heterocycles. The smallest absolute Gasteiger partial charge is 0.311 e. The highest BCUT2D eigenvalue weighted by Gasteiger charge is 2.38. The Morgan fingerprint density at radius 2 is 2.32 bits per heavy atom. The van der Waals surface area contributed by atoms with Gasteiger partial charge in [-0.2, -0.15) is 0 Å². The summed E-state index contributed by atoms with van der Waals surface area (Å²) >= 11 is 0. The Balaban J connectivity index is 1.81. The molecule has 0 aromatic carbocycles. The maximum absolute atomic E-state index is 11.1. The molecule has 19 heavy (non-hydrogen) atoms. The molecule has 2 aliphatic heterocycles. The lowest BCUT2D eigenvalue weighted by Crippen LogP contribution is -2.34. The van der Waals surface area contributed by atoms with Crippen molar-refractivity contribution < 1.29 is 4.92 Å². The van der Waals surface area contributed by atoms with Gasteiger partial charge in [-0.3, -0.25) is 15.0 Å². The molecule has 6 heteroatoms. The fraction of sp³-hybridized carbons (Fsp3) is 0.615. The standard InChI is InChI=1S/C13H18N4O2/c1-9-7-12(17(18)19)13(14-8-9)15-10-4-6-16-5-2-3-11(10)16/h7-8,10-11H,2-6H2,1H3,(H,14,15). The Morgan fingerprint density at radius 3 is 3.11 bits per heavy atom. The van der Waals surface area contributed by atoms with Crippen LogP contribution in [0, 0.1) is 17.0 Å². The Hall–Kier alpha value is -1.69. The normalized spacial score (nSPS) is 26.4. The van der Waals surface area contributed by atoms with E-state index in [1.807, 2.05) is 6.92 Å². The summed E-state index contributed by atoms with van der Waals surface area (Å²) in [6.45, 7) is 4.06. The summed E-state index contributed by atoms with van der Waals surface area (Å²) in [5.74, 6) is 0.411. The second-order valence-corrected chi connectivity index (χ2v) is 5.42. The summed E-state index contributed by atoms with van der Waals surface area (Å²) < 4.78 is 0. The molecule has 2 fully saturated rings. The number of nitrogens with zero attached hydrogens (tertiary/aromatic N) is 3. The summed E-state index contributed by atoms with van der Waals surface area (Å²) in [5, 5.41) is 14.4. The van der Waals surface area contributed by atoms with E-state index in [4.69, 9.17) is 0 Å². The van der Waals surface area contributed by atoms with E-state index >= 15 is 0 Å². The van der Waals surface area contributed by atoms with E-state index in [0.717, 1.165) is 25.1 Å². The molecule has 6 nitrogen and oxygen atoms in total. The van der Waals surface area contributed by atoms with Crippen molar-refractivity contribution in [2.75, 3.05) is 18.4 Å². The average Bonchev–Trinajstić information content (AvgIpc) is 2.96. The lowest BCUT2D eigenvalue weighted by atomic mass is 10.1. The van der Waals surface area contributed by atoms with E-state index in [2.05, 4.69) is 15.2 Å². The lowest BCUT2D eigenvalue weighted by Gasteiger charge is -2.21. The SMILES string of the molecule is Cc1cnc(NC2CCN3CCCC23)c([N+](=O)[O-])c1. The van der Waals surface area contributed by atoms with E-state index in [0.29, 0.717) is 11.9 Å². The van der Waals surface area contributed by atoms with Crippen LogP contribution in [0.3, 0.4) is 0 Å². The molecule has 3 heterocycles. The zero-order chi connectivity index (χ0) is 13.4. The first-order chi connectivity index (χ1) is 9.15. The molecule has 1 N–H and O–H groups in total. The number of hydrogen-bond acceptors (Lipinski definition) is 5. The Morgan fingerprint density at radius 1 is 1.47 bits per heavy atom. The molecule has 0 amide bonds. The predicted octanol–water partition coefficient (Wildman–Crippen LogP) is 1.95.